The fourth-order valence-electron chi connectivity index (χ4n) is 4.03. The smallest absolute Gasteiger partial charge is 0.211 e. The quantitative estimate of drug-likeness (QED) is 0.778. The van der Waals surface area contributed by atoms with Crippen molar-refractivity contribution in [1.82, 2.24) is 14.1 Å². The summed E-state index contributed by atoms with van der Waals surface area (Å²) >= 11 is 0. The molecule has 0 aromatic heterocycles. The SMILES string of the molecule is CS(=O)(=O)N1CC[C@@H]2ON=C(N3CCN(Cc4ccccc4)CC3)[C@@H]2C1. The molecule has 0 amide bonds. The Bertz CT molecular complexity index is 760. The van der Waals surface area contributed by atoms with E-state index in [1.165, 1.54) is 11.8 Å². The van der Waals surface area contributed by atoms with Gasteiger partial charge in [-0.15, -0.1) is 0 Å². The number of sulfonamides is 1. The zero-order valence-electron chi connectivity index (χ0n) is 15.1. The van der Waals surface area contributed by atoms with Crippen LogP contribution in [0.1, 0.15) is 12.0 Å². The molecule has 0 unspecified atom stereocenters. The lowest BCUT2D eigenvalue weighted by Crippen LogP contribution is -2.54. The normalized spacial score (nSPS) is 27.7. The molecule has 1 aromatic carbocycles. The highest BCUT2D eigenvalue weighted by molar-refractivity contribution is 7.88. The second-order valence-corrected chi connectivity index (χ2v) is 9.34. The van der Waals surface area contributed by atoms with Crippen molar-refractivity contribution in [2.45, 2.75) is 19.1 Å². The first-order valence-corrected chi connectivity index (χ1v) is 11.1. The Hall–Kier alpha value is -1.64. The number of rotatable bonds is 3. The molecule has 0 spiro atoms. The summed E-state index contributed by atoms with van der Waals surface area (Å²) in [6, 6.07) is 10.5. The number of piperidine rings is 1. The Morgan fingerprint density at radius 3 is 2.54 bits per heavy atom. The van der Waals surface area contributed by atoms with E-state index in [4.69, 9.17) is 4.84 Å². The first-order chi connectivity index (χ1) is 12.5. The van der Waals surface area contributed by atoms with Gasteiger partial charge in [-0.05, 0) is 5.56 Å². The van der Waals surface area contributed by atoms with Gasteiger partial charge in [-0.3, -0.25) is 4.90 Å². The molecule has 0 radical (unpaired) electrons. The molecule has 0 aliphatic carbocycles. The zero-order valence-corrected chi connectivity index (χ0v) is 15.9. The maximum atomic E-state index is 11.9. The van der Waals surface area contributed by atoms with E-state index in [1.807, 2.05) is 6.07 Å². The van der Waals surface area contributed by atoms with Crippen molar-refractivity contribution >= 4 is 15.9 Å². The van der Waals surface area contributed by atoms with Crippen LogP contribution in [0.3, 0.4) is 0 Å². The molecule has 0 saturated carbocycles. The summed E-state index contributed by atoms with van der Waals surface area (Å²) < 4.78 is 25.4. The maximum absolute atomic E-state index is 11.9. The monoisotopic (exact) mass is 378 g/mol. The molecule has 2 fully saturated rings. The van der Waals surface area contributed by atoms with Crippen LogP contribution >= 0.6 is 0 Å². The molecule has 7 nitrogen and oxygen atoms in total. The van der Waals surface area contributed by atoms with E-state index in [1.54, 1.807) is 4.31 Å². The summed E-state index contributed by atoms with van der Waals surface area (Å²) in [5.41, 5.74) is 1.33. The Balaban J connectivity index is 1.35. The van der Waals surface area contributed by atoms with Gasteiger partial charge in [-0.1, -0.05) is 35.5 Å². The van der Waals surface area contributed by atoms with Crippen molar-refractivity contribution in [3.63, 3.8) is 0 Å². The predicted octanol–water partition coefficient (Wildman–Crippen LogP) is 0.798. The van der Waals surface area contributed by atoms with Gasteiger partial charge in [0.05, 0.1) is 12.2 Å². The molecule has 3 aliphatic heterocycles. The molecular formula is C18H26N4O3S. The van der Waals surface area contributed by atoms with Crippen LogP contribution in [0, 0.1) is 5.92 Å². The summed E-state index contributed by atoms with van der Waals surface area (Å²) in [6.07, 6.45) is 2.01. The highest BCUT2D eigenvalue weighted by Crippen LogP contribution is 2.30. The summed E-state index contributed by atoms with van der Waals surface area (Å²) in [7, 11) is -3.17. The third-order valence-corrected chi connectivity index (χ3v) is 6.81. The molecule has 2 saturated heterocycles. The van der Waals surface area contributed by atoms with Gasteiger partial charge in [-0.2, -0.15) is 0 Å². The molecule has 1 aromatic rings. The van der Waals surface area contributed by atoms with Crippen LogP contribution in [0.4, 0.5) is 0 Å². The first kappa shape index (κ1) is 17.8. The molecule has 3 aliphatic rings. The topological polar surface area (TPSA) is 65.5 Å². The minimum Gasteiger partial charge on any atom is -0.390 e. The van der Waals surface area contributed by atoms with Crippen LogP contribution in [0.5, 0.6) is 0 Å². The van der Waals surface area contributed by atoms with E-state index in [0.717, 1.165) is 38.6 Å². The van der Waals surface area contributed by atoms with Crippen LogP contribution in [0.25, 0.3) is 0 Å². The highest BCUT2D eigenvalue weighted by atomic mass is 32.2. The lowest BCUT2D eigenvalue weighted by molar-refractivity contribution is 0.0307. The van der Waals surface area contributed by atoms with Gasteiger partial charge in [0.2, 0.25) is 10.0 Å². The summed E-state index contributed by atoms with van der Waals surface area (Å²) in [5, 5.41) is 4.33. The molecule has 0 N–H and O–H groups in total. The predicted molar refractivity (Wildman–Crippen MR) is 100 cm³/mol. The number of fused-ring (bicyclic) bond motifs is 1. The van der Waals surface area contributed by atoms with Crippen molar-refractivity contribution < 1.29 is 13.3 Å². The number of benzene rings is 1. The third kappa shape index (κ3) is 3.72. The average molecular weight is 378 g/mol. The largest absolute Gasteiger partial charge is 0.390 e. The first-order valence-electron chi connectivity index (χ1n) is 9.21. The molecule has 2 atom stereocenters. The van der Waals surface area contributed by atoms with Crippen molar-refractivity contribution in [2.24, 2.45) is 11.1 Å². The van der Waals surface area contributed by atoms with Crippen LogP contribution in [-0.4, -0.2) is 80.0 Å². The fraction of sp³-hybridized carbons (Fsp3) is 0.611. The highest BCUT2D eigenvalue weighted by Gasteiger charge is 2.43. The van der Waals surface area contributed by atoms with Gasteiger partial charge in [0.15, 0.2) is 5.84 Å². The Kier molecular flexibility index (Phi) is 4.90. The van der Waals surface area contributed by atoms with Gasteiger partial charge in [0, 0.05) is 52.2 Å². The number of hydrogen-bond acceptors (Lipinski definition) is 6. The third-order valence-electron chi connectivity index (χ3n) is 5.54. The van der Waals surface area contributed by atoms with Crippen molar-refractivity contribution in [1.29, 1.82) is 0 Å². The van der Waals surface area contributed by atoms with E-state index < -0.39 is 10.0 Å². The molecule has 26 heavy (non-hydrogen) atoms. The number of hydrogen-bond donors (Lipinski definition) is 0. The van der Waals surface area contributed by atoms with E-state index in [2.05, 4.69) is 39.2 Å². The minimum absolute atomic E-state index is 0.0188. The number of amidine groups is 1. The Morgan fingerprint density at radius 1 is 1.12 bits per heavy atom. The van der Waals surface area contributed by atoms with Gasteiger partial charge in [0.25, 0.3) is 0 Å². The summed E-state index contributed by atoms with van der Waals surface area (Å²) in [6.45, 7) is 5.71. The van der Waals surface area contributed by atoms with Crippen LogP contribution in [-0.2, 0) is 21.4 Å². The van der Waals surface area contributed by atoms with Crippen molar-refractivity contribution in [3.8, 4) is 0 Å². The standard InChI is InChI=1S/C18H26N4O3S/c1-26(23,24)22-8-7-17-16(14-22)18(19-25-17)21-11-9-20(10-12-21)13-15-5-3-2-4-6-15/h2-6,16-17H,7-14H2,1H3/t16-,17+/m1/s1. The van der Waals surface area contributed by atoms with Crippen LogP contribution in [0.2, 0.25) is 0 Å². The molecule has 4 rings (SSSR count). The average Bonchev–Trinajstić information content (AvgIpc) is 3.06. The van der Waals surface area contributed by atoms with Gasteiger partial charge >= 0.3 is 0 Å². The fourth-order valence-corrected chi connectivity index (χ4v) is 4.90. The summed E-state index contributed by atoms with van der Waals surface area (Å²) in [5.74, 6) is 0.988. The van der Waals surface area contributed by atoms with E-state index in [-0.39, 0.29) is 12.0 Å². The second-order valence-electron chi connectivity index (χ2n) is 7.36. The molecule has 8 heteroatoms. The lowest BCUT2D eigenvalue weighted by atomic mass is 9.94. The van der Waals surface area contributed by atoms with Crippen LogP contribution < -0.4 is 0 Å². The van der Waals surface area contributed by atoms with Gasteiger partial charge < -0.3 is 9.74 Å². The van der Waals surface area contributed by atoms with Crippen LogP contribution in [0.15, 0.2) is 35.5 Å². The zero-order chi connectivity index (χ0) is 18.1. The lowest BCUT2D eigenvalue weighted by Gasteiger charge is -2.39. The Labute approximate surface area is 155 Å². The molecule has 142 valence electrons. The minimum atomic E-state index is -3.17. The molecule has 3 heterocycles. The molecule has 0 bridgehead atoms. The summed E-state index contributed by atoms with van der Waals surface area (Å²) in [4.78, 5) is 10.3. The van der Waals surface area contributed by atoms with E-state index >= 15 is 0 Å². The van der Waals surface area contributed by atoms with E-state index in [0.29, 0.717) is 19.5 Å². The van der Waals surface area contributed by atoms with Gasteiger partial charge in [-0.25, -0.2) is 12.7 Å². The Morgan fingerprint density at radius 2 is 1.85 bits per heavy atom. The number of nitrogens with zero attached hydrogens (tertiary/aromatic N) is 4. The molecular weight excluding hydrogens is 352 g/mol. The van der Waals surface area contributed by atoms with Crippen molar-refractivity contribution in [2.75, 3.05) is 45.5 Å². The maximum Gasteiger partial charge on any atom is 0.211 e. The second kappa shape index (κ2) is 7.17. The number of piperazine rings is 1. The number of oxime groups is 1. The van der Waals surface area contributed by atoms with Crippen molar-refractivity contribution in [3.05, 3.63) is 35.9 Å². The van der Waals surface area contributed by atoms with Gasteiger partial charge in [0.1, 0.15) is 6.10 Å². The van der Waals surface area contributed by atoms with E-state index in [9.17, 15) is 8.42 Å².